The second-order valence-electron chi connectivity index (χ2n) is 6.40. The molecule has 0 amide bonds. The molecule has 0 aliphatic rings. The van der Waals surface area contributed by atoms with Crippen LogP contribution in [-0.2, 0) is 17.6 Å². The van der Waals surface area contributed by atoms with Crippen LogP contribution in [0.5, 0.6) is 28.7 Å². The van der Waals surface area contributed by atoms with E-state index < -0.39 is 11.7 Å². The third-order valence-corrected chi connectivity index (χ3v) is 5.20. The fraction of sp³-hybridized carbons (Fsp3) is 0.136. The van der Waals surface area contributed by atoms with Gasteiger partial charge >= 0.3 is 5.97 Å². The van der Waals surface area contributed by atoms with E-state index in [2.05, 4.69) is 0 Å². The summed E-state index contributed by atoms with van der Waals surface area (Å²) in [6, 6.07) is 12.5. The van der Waals surface area contributed by atoms with Gasteiger partial charge in [-0.1, -0.05) is 41.4 Å². The fourth-order valence-electron chi connectivity index (χ4n) is 3.00. The van der Waals surface area contributed by atoms with E-state index in [0.29, 0.717) is 28.5 Å². The molecule has 0 fully saturated rings. The Balaban J connectivity index is 1.95. The van der Waals surface area contributed by atoms with E-state index >= 15 is 0 Å². The average Bonchev–Trinajstić information content (AvgIpc) is 2.71. The van der Waals surface area contributed by atoms with Crippen LogP contribution in [0.15, 0.2) is 48.5 Å². The standard InChI is InChI=1S/C22H18Cl2O6/c1-29-22(28)20-14(21(24)17(27)11-16(20)26)9-7-12-6-8-13(25)10-19(12)30-18-5-3-2-4-15(18)23/h2-6,8,10-11,25-27H,7,9H2,1H3. The Bertz CT molecular complexity index is 1100. The minimum Gasteiger partial charge on any atom is -0.508 e. The second-order valence-corrected chi connectivity index (χ2v) is 7.18. The van der Waals surface area contributed by atoms with E-state index in [9.17, 15) is 20.1 Å². The summed E-state index contributed by atoms with van der Waals surface area (Å²) in [5.41, 5.74) is 0.799. The largest absolute Gasteiger partial charge is 0.508 e. The van der Waals surface area contributed by atoms with Crippen LogP contribution in [0.3, 0.4) is 0 Å². The van der Waals surface area contributed by atoms with Crippen LogP contribution in [0.2, 0.25) is 10.0 Å². The summed E-state index contributed by atoms with van der Waals surface area (Å²) in [5, 5.41) is 30.3. The number of benzene rings is 3. The number of hydrogen-bond acceptors (Lipinski definition) is 6. The minimum atomic E-state index is -0.775. The summed E-state index contributed by atoms with van der Waals surface area (Å²) in [5.74, 6) is -0.781. The predicted octanol–water partition coefficient (Wildman–Crippen LogP) is 5.47. The van der Waals surface area contributed by atoms with Gasteiger partial charge in [0.15, 0.2) is 0 Å². The van der Waals surface area contributed by atoms with Crippen LogP contribution in [0, 0.1) is 0 Å². The van der Waals surface area contributed by atoms with Crippen molar-refractivity contribution in [1.82, 2.24) is 0 Å². The van der Waals surface area contributed by atoms with Gasteiger partial charge in [-0.05, 0) is 42.2 Å². The molecule has 0 saturated heterocycles. The highest BCUT2D eigenvalue weighted by atomic mass is 35.5. The Morgan fingerprint density at radius 3 is 2.37 bits per heavy atom. The molecule has 3 aromatic rings. The molecule has 0 aliphatic heterocycles. The van der Waals surface area contributed by atoms with Crippen LogP contribution in [0.1, 0.15) is 21.5 Å². The number of aromatic hydroxyl groups is 3. The van der Waals surface area contributed by atoms with Crippen molar-refractivity contribution < 1.29 is 29.6 Å². The summed E-state index contributed by atoms with van der Waals surface area (Å²) in [7, 11) is 1.18. The monoisotopic (exact) mass is 448 g/mol. The smallest absolute Gasteiger partial charge is 0.341 e. The van der Waals surface area contributed by atoms with Gasteiger partial charge in [-0.2, -0.15) is 0 Å². The zero-order valence-corrected chi connectivity index (χ0v) is 17.4. The number of aryl methyl sites for hydroxylation is 1. The molecule has 30 heavy (non-hydrogen) atoms. The van der Waals surface area contributed by atoms with Gasteiger partial charge in [0.05, 0.1) is 17.2 Å². The summed E-state index contributed by atoms with van der Waals surface area (Å²) < 4.78 is 10.6. The van der Waals surface area contributed by atoms with Crippen LogP contribution >= 0.6 is 23.2 Å². The molecule has 0 spiro atoms. The molecule has 0 bridgehead atoms. The van der Waals surface area contributed by atoms with Crippen LogP contribution < -0.4 is 4.74 Å². The predicted molar refractivity (Wildman–Crippen MR) is 113 cm³/mol. The van der Waals surface area contributed by atoms with Gasteiger partial charge in [0, 0.05) is 12.1 Å². The third-order valence-electron chi connectivity index (χ3n) is 4.46. The second kappa shape index (κ2) is 9.15. The van der Waals surface area contributed by atoms with Crippen LogP contribution in [-0.4, -0.2) is 28.4 Å². The molecule has 3 aromatic carbocycles. The summed E-state index contributed by atoms with van der Waals surface area (Å²) >= 11 is 12.4. The quantitative estimate of drug-likeness (QED) is 0.432. The average molecular weight is 449 g/mol. The number of methoxy groups -OCH3 is 1. The number of hydrogen-bond donors (Lipinski definition) is 3. The van der Waals surface area contributed by atoms with Crippen molar-refractivity contribution >= 4 is 29.2 Å². The molecule has 0 radical (unpaired) electrons. The number of carbonyl (C=O) groups is 1. The maximum atomic E-state index is 12.1. The Hall–Kier alpha value is -3.09. The normalized spacial score (nSPS) is 10.6. The highest BCUT2D eigenvalue weighted by Gasteiger charge is 2.23. The molecule has 6 nitrogen and oxygen atoms in total. The van der Waals surface area contributed by atoms with E-state index in [1.165, 1.54) is 19.2 Å². The molecule has 0 aliphatic carbocycles. The van der Waals surface area contributed by atoms with Crippen molar-refractivity contribution in [2.45, 2.75) is 12.8 Å². The number of halogens is 2. The van der Waals surface area contributed by atoms with Crippen LogP contribution in [0.25, 0.3) is 0 Å². The topological polar surface area (TPSA) is 96.2 Å². The summed E-state index contributed by atoms with van der Waals surface area (Å²) in [6.45, 7) is 0. The Labute approximate surface area is 182 Å². The molecule has 0 aromatic heterocycles. The van der Waals surface area contributed by atoms with E-state index in [-0.39, 0.29) is 34.1 Å². The summed E-state index contributed by atoms with van der Waals surface area (Å²) in [6.07, 6.45) is 0.488. The van der Waals surface area contributed by atoms with Gasteiger partial charge in [0.25, 0.3) is 0 Å². The first-order chi connectivity index (χ1) is 14.3. The lowest BCUT2D eigenvalue weighted by Crippen LogP contribution is -2.08. The van der Waals surface area contributed by atoms with Gasteiger partial charge in [0.1, 0.15) is 34.3 Å². The van der Waals surface area contributed by atoms with Crippen molar-refractivity contribution in [2.75, 3.05) is 7.11 Å². The molecule has 3 rings (SSSR count). The lowest BCUT2D eigenvalue weighted by atomic mass is 9.97. The molecule has 0 unspecified atom stereocenters. The molecular weight excluding hydrogens is 431 g/mol. The third kappa shape index (κ3) is 4.56. The molecule has 0 saturated carbocycles. The Morgan fingerprint density at radius 2 is 1.67 bits per heavy atom. The van der Waals surface area contributed by atoms with Gasteiger partial charge < -0.3 is 24.8 Å². The number of carbonyl (C=O) groups excluding carboxylic acids is 1. The van der Waals surface area contributed by atoms with Gasteiger partial charge in [-0.25, -0.2) is 4.79 Å². The SMILES string of the molecule is COC(=O)c1c(O)cc(O)c(Cl)c1CCc1ccc(O)cc1Oc1ccccc1Cl. The number of rotatable bonds is 6. The van der Waals surface area contributed by atoms with Crippen molar-refractivity contribution in [3.05, 3.63) is 75.3 Å². The van der Waals surface area contributed by atoms with Crippen molar-refractivity contribution in [2.24, 2.45) is 0 Å². The molecular formula is C22H18Cl2O6. The zero-order valence-electron chi connectivity index (χ0n) is 15.9. The first-order valence-corrected chi connectivity index (χ1v) is 9.63. The van der Waals surface area contributed by atoms with Crippen LogP contribution in [0.4, 0.5) is 0 Å². The number of ether oxygens (including phenoxy) is 2. The number of phenols is 3. The summed E-state index contributed by atoms with van der Waals surface area (Å²) in [4.78, 5) is 12.1. The van der Waals surface area contributed by atoms with Crippen molar-refractivity contribution in [3.63, 3.8) is 0 Å². The van der Waals surface area contributed by atoms with E-state index in [1.54, 1.807) is 30.3 Å². The fourth-order valence-corrected chi connectivity index (χ4v) is 3.42. The van der Waals surface area contributed by atoms with E-state index in [4.69, 9.17) is 32.7 Å². The molecule has 8 heteroatoms. The number of para-hydroxylation sites is 1. The number of esters is 1. The lowest BCUT2D eigenvalue weighted by molar-refractivity contribution is 0.0596. The molecule has 0 heterocycles. The van der Waals surface area contributed by atoms with Gasteiger partial charge in [-0.3, -0.25) is 0 Å². The Kier molecular flexibility index (Phi) is 6.59. The Morgan fingerprint density at radius 1 is 0.933 bits per heavy atom. The molecule has 0 atom stereocenters. The van der Waals surface area contributed by atoms with Gasteiger partial charge in [0.2, 0.25) is 0 Å². The van der Waals surface area contributed by atoms with E-state index in [1.807, 2.05) is 0 Å². The molecule has 3 N–H and O–H groups in total. The maximum Gasteiger partial charge on any atom is 0.341 e. The molecule has 156 valence electrons. The van der Waals surface area contributed by atoms with Crippen molar-refractivity contribution in [1.29, 1.82) is 0 Å². The first kappa shape index (κ1) is 21.6. The number of phenolic OH excluding ortho intramolecular Hbond substituents is 3. The zero-order chi connectivity index (χ0) is 21.8. The highest BCUT2D eigenvalue weighted by Crippen LogP contribution is 2.38. The van der Waals surface area contributed by atoms with E-state index in [0.717, 1.165) is 6.07 Å². The maximum absolute atomic E-state index is 12.1. The van der Waals surface area contributed by atoms with Gasteiger partial charge in [-0.15, -0.1) is 0 Å². The first-order valence-electron chi connectivity index (χ1n) is 8.87. The van der Waals surface area contributed by atoms with Crippen molar-refractivity contribution in [3.8, 4) is 28.7 Å². The lowest BCUT2D eigenvalue weighted by Gasteiger charge is -2.15. The highest BCUT2D eigenvalue weighted by molar-refractivity contribution is 6.33. The minimum absolute atomic E-state index is 0.00378.